The molecule has 0 aliphatic heterocycles. The summed E-state index contributed by atoms with van der Waals surface area (Å²) < 4.78 is 40.9. The van der Waals surface area contributed by atoms with Gasteiger partial charge in [0.2, 0.25) is 5.62 Å². The molecule has 0 unspecified atom stereocenters. The Morgan fingerprint density at radius 1 is 1.16 bits per heavy atom. The number of nitrogens with zero attached hydrogens (tertiary/aromatic N) is 6. The highest BCUT2D eigenvalue weighted by Gasteiger charge is 2.18. The number of pyridine rings is 1. The van der Waals surface area contributed by atoms with Crippen LogP contribution in [0.25, 0.3) is 22.2 Å². The first-order valence-corrected chi connectivity index (χ1v) is 9.44. The van der Waals surface area contributed by atoms with E-state index in [0.29, 0.717) is 28.0 Å². The Morgan fingerprint density at radius 2 is 1.94 bits per heavy atom. The second-order valence-electron chi connectivity index (χ2n) is 6.64. The fourth-order valence-electron chi connectivity index (χ4n) is 3.08. The monoisotopic (exact) mass is 458 g/mol. The minimum Gasteiger partial charge on any atom is -0.312 e. The maximum absolute atomic E-state index is 14.2. The largest absolute Gasteiger partial charge is 0.312 e. The third kappa shape index (κ3) is 3.78. The zero-order valence-corrected chi connectivity index (χ0v) is 17.1. The van der Waals surface area contributed by atoms with Crippen LogP contribution in [-0.4, -0.2) is 37.9 Å². The standard InChI is InChI=1S/C20H14ClF3N8/c1-31(17-8-27-7-15(29-17)10-2-3-14(18(23)24)28-6-10)19-11-4-13(22)12(21)5-16(11)32(9-25)20(26)30-19/h2-9,18,25-26H,1H3. The molecule has 4 rings (SSSR count). The van der Waals surface area contributed by atoms with Crippen molar-refractivity contribution in [2.75, 3.05) is 11.9 Å². The van der Waals surface area contributed by atoms with Gasteiger partial charge in [0.15, 0.2) is 5.82 Å². The Kier molecular flexibility index (Phi) is 5.57. The van der Waals surface area contributed by atoms with Crippen LogP contribution in [0.1, 0.15) is 12.1 Å². The van der Waals surface area contributed by atoms with Gasteiger partial charge in [0.1, 0.15) is 17.3 Å². The van der Waals surface area contributed by atoms with Gasteiger partial charge in [-0.2, -0.15) is 4.98 Å². The zero-order chi connectivity index (χ0) is 23.0. The van der Waals surface area contributed by atoms with Crippen LogP contribution in [-0.2, 0) is 0 Å². The maximum Gasteiger partial charge on any atom is 0.280 e. The molecule has 0 atom stereocenters. The average molecular weight is 459 g/mol. The van der Waals surface area contributed by atoms with Crippen molar-refractivity contribution in [3.05, 3.63) is 65.0 Å². The van der Waals surface area contributed by atoms with Gasteiger partial charge in [-0.1, -0.05) is 11.6 Å². The molecule has 1 aromatic carbocycles. The lowest BCUT2D eigenvalue weighted by Crippen LogP contribution is -2.27. The van der Waals surface area contributed by atoms with Crippen LogP contribution < -0.4 is 10.5 Å². The molecule has 0 aliphatic rings. The number of halogens is 4. The summed E-state index contributed by atoms with van der Waals surface area (Å²) in [4.78, 5) is 18.0. The molecule has 12 heteroatoms. The first-order chi connectivity index (χ1) is 15.3. The van der Waals surface area contributed by atoms with Gasteiger partial charge >= 0.3 is 0 Å². The number of hydrogen-bond acceptors (Lipinski definition) is 7. The zero-order valence-electron chi connectivity index (χ0n) is 16.4. The summed E-state index contributed by atoms with van der Waals surface area (Å²) >= 11 is 5.90. The predicted octanol–water partition coefficient (Wildman–Crippen LogP) is 4.32. The summed E-state index contributed by atoms with van der Waals surface area (Å²) in [5, 5.41) is 15.8. The summed E-state index contributed by atoms with van der Waals surface area (Å²) in [5.41, 5.74) is 0.539. The summed E-state index contributed by atoms with van der Waals surface area (Å²) in [6, 6.07) is 5.15. The van der Waals surface area contributed by atoms with Crippen LogP contribution in [0.15, 0.2) is 42.9 Å². The van der Waals surface area contributed by atoms with E-state index in [4.69, 9.17) is 22.4 Å². The Bertz CT molecular complexity index is 1390. The normalized spacial score (nSPS) is 11.2. The molecule has 0 saturated carbocycles. The molecule has 32 heavy (non-hydrogen) atoms. The van der Waals surface area contributed by atoms with Crippen molar-refractivity contribution >= 4 is 40.5 Å². The van der Waals surface area contributed by atoms with Crippen molar-refractivity contribution in [1.29, 1.82) is 10.8 Å². The fourth-order valence-corrected chi connectivity index (χ4v) is 3.24. The lowest BCUT2D eigenvalue weighted by Gasteiger charge is -2.20. The molecule has 3 aromatic heterocycles. The molecule has 0 spiro atoms. The van der Waals surface area contributed by atoms with Crippen molar-refractivity contribution in [1.82, 2.24) is 24.5 Å². The maximum atomic E-state index is 14.2. The second-order valence-corrected chi connectivity index (χ2v) is 7.04. The molecule has 8 nitrogen and oxygen atoms in total. The number of aromatic nitrogens is 5. The third-order valence-corrected chi connectivity index (χ3v) is 4.99. The minimum atomic E-state index is -2.68. The quantitative estimate of drug-likeness (QED) is 0.342. The Balaban J connectivity index is 1.82. The van der Waals surface area contributed by atoms with E-state index in [1.807, 2.05) is 0 Å². The van der Waals surface area contributed by atoms with Crippen molar-refractivity contribution in [2.45, 2.75) is 6.43 Å². The molecular weight excluding hydrogens is 445 g/mol. The van der Waals surface area contributed by atoms with Crippen LogP contribution in [0.4, 0.5) is 24.8 Å². The van der Waals surface area contributed by atoms with Crippen LogP contribution in [0, 0.1) is 16.6 Å². The van der Waals surface area contributed by atoms with E-state index >= 15 is 0 Å². The van der Waals surface area contributed by atoms with Gasteiger partial charge < -0.3 is 4.90 Å². The molecule has 0 saturated heterocycles. The highest BCUT2D eigenvalue weighted by molar-refractivity contribution is 6.31. The molecule has 0 aliphatic carbocycles. The first-order valence-electron chi connectivity index (χ1n) is 9.07. The third-order valence-electron chi connectivity index (χ3n) is 4.70. The Morgan fingerprint density at radius 3 is 2.59 bits per heavy atom. The Hall–Kier alpha value is -3.86. The van der Waals surface area contributed by atoms with Crippen molar-refractivity contribution in [3.8, 4) is 11.3 Å². The van der Waals surface area contributed by atoms with Gasteiger partial charge in [0.05, 0.1) is 35.0 Å². The van der Waals surface area contributed by atoms with Gasteiger partial charge in [-0.15, -0.1) is 0 Å². The van der Waals surface area contributed by atoms with E-state index in [0.717, 1.165) is 10.9 Å². The number of alkyl halides is 2. The van der Waals surface area contributed by atoms with E-state index in [-0.39, 0.29) is 22.2 Å². The summed E-state index contributed by atoms with van der Waals surface area (Å²) in [7, 11) is 1.61. The molecular formula is C20H14ClF3N8. The lowest BCUT2D eigenvalue weighted by atomic mass is 10.2. The average Bonchev–Trinajstić information content (AvgIpc) is 2.79. The fraction of sp³-hybridized carbons (Fsp3) is 0.100. The van der Waals surface area contributed by atoms with Gasteiger partial charge in [-0.25, -0.2) is 18.2 Å². The Labute approximate surface area is 184 Å². The minimum absolute atomic E-state index is 0.158. The molecule has 2 N–H and O–H groups in total. The highest BCUT2D eigenvalue weighted by atomic mass is 35.5. The first kappa shape index (κ1) is 21.4. The molecule has 0 fully saturated rings. The van der Waals surface area contributed by atoms with Gasteiger partial charge in [-0.05, 0) is 24.3 Å². The van der Waals surface area contributed by atoms with Crippen molar-refractivity contribution < 1.29 is 13.2 Å². The summed E-state index contributed by atoms with van der Waals surface area (Å²) in [6.07, 6.45) is 2.36. The predicted molar refractivity (Wildman–Crippen MR) is 113 cm³/mol. The van der Waals surface area contributed by atoms with Gasteiger partial charge in [0.25, 0.3) is 6.43 Å². The number of rotatable bonds is 5. The molecule has 0 amide bonds. The topological polar surface area (TPSA) is 107 Å². The molecule has 0 radical (unpaired) electrons. The number of benzene rings is 1. The second kappa shape index (κ2) is 8.35. The van der Waals surface area contributed by atoms with Crippen molar-refractivity contribution in [2.24, 2.45) is 0 Å². The lowest BCUT2D eigenvalue weighted by molar-refractivity contribution is 0.146. The van der Waals surface area contributed by atoms with Crippen LogP contribution in [0.5, 0.6) is 0 Å². The van der Waals surface area contributed by atoms with Crippen LogP contribution >= 0.6 is 11.6 Å². The number of fused-ring (bicyclic) bond motifs is 1. The van der Waals surface area contributed by atoms with Gasteiger partial charge in [-0.3, -0.25) is 25.4 Å². The summed E-state index contributed by atoms with van der Waals surface area (Å²) in [5.74, 6) is -0.192. The van der Waals surface area contributed by atoms with E-state index in [2.05, 4.69) is 19.9 Å². The van der Waals surface area contributed by atoms with E-state index in [9.17, 15) is 13.2 Å². The number of anilines is 2. The van der Waals surface area contributed by atoms with E-state index in [1.54, 1.807) is 7.05 Å². The van der Waals surface area contributed by atoms with Crippen LogP contribution in [0.2, 0.25) is 5.02 Å². The smallest absolute Gasteiger partial charge is 0.280 e. The van der Waals surface area contributed by atoms with Crippen molar-refractivity contribution in [3.63, 3.8) is 0 Å². The van der Waals surface area contributed by atoms with Gasteiger partial charge in [0, 0.05) is 24.2 Å². The number of nitrogens with one attached hydrogen (secondary N) is 2. The highest BCUT2D eigenvalue weighted by Crippen LogP contribution is 2.31. The van der Waals surface area contributed by atoms with E-state index < -0.39 is 12.2 Å². The van der Waals surface area contributed by atoms with E-state index in [1.165, 1.54) is 47.8 Å². The number of hydrogen-bond donors (Lipinski definition) is 2. The SMILES string of the molecule is CN(c1cncc(-c2ccc(C(F)F)nc2)n1)c1nc(=N)n(C=N)c2cc(Cl)c(F)cc12. The molecule has 4 aromatic rings. The molecule has 162 valence electrons. The molecule has 3 heterocycles. The molecule has 0 bridgehead atoms. The van der Waals surface area contributed by atoms with Crippen LogP contribution in [0.3, 0.4) is 0 Å². The summed E-state index contributed by atoms with van der Waals surface area (Å²) in [6.45, 7) is 0.